The van der Waals surface area contributed by atoms with Gasteiger partial charge in [0.1, 0.15) is 6.04 Å². The van der Waals surface area contributed by atoms with Gasteiger partial charge in [0.2, 0.25) is 5.91 Å². The third kappa shape index (κ3) is 5.45. The first-order valence-electron chi connectivity index (χ1n) is 7.43. The van der Waals surface area contributed by atoms with E-state index in [0.717, 1.165) is 24.9 Å². The van der Waals surface area contributed by atoms with Gasteiger partial charge >= 0.3 is 6.03 Å². The Hall–Kier alpha value is -2.04. The lowest BCUT2D eigenvalue weighted by atomic mass is 9.98. The molecule has 0 bridgehead atoms. The molecule has 1 aromatic carbocycles. The van der Waals surface area contributed by atoms with Crippen LogP contribution in [0.15, 0.2) is 24.3 Å². The SMILES string of the molecule is CCCc1ccc(NC(=O)[C@H](NC(N)=O)[C@H](C)CC)cc1. The molecule has 5 nitrogen and oxygen atoms in total. The first-order chi connectivity index (χ1) is 9.97. The second kappa shape index (κ2) is 8.29. The Bertz CT molecular complexity index is 471. The highest BCUT2D eigenvalue weighted by atomic mass is 16.2. The van der Waals surface area contributed by atoms with Crippen molar-refractivity contribution in [3.05, 3.63) is 29.8 Å². The zero-order valence-electron chi connectivity index (χ0n) is 13.0. The van der Waals surface area contributed by atoms with Crippen molar-refractivity contribution in [1.82, 2.24) is 5.32 Å². The predicted octanol–water partition coefficient (Wildman–Crippen LogP) is 2.66. The van der Waals surface area contributed by atoms with E-state index in [0.29, 0.717) is 0 Å². The Morgan fingerprint density at radius 2 is 1.81 bits per heavy atom. The number of carbonyl (C=O) groups is 2. The van der Waals surface area contributed by atoms with E-state index in [9.17, 15) is 9.59 Å². The fourth-order valence-corrected chi connectivity index (χ4v) is 2.12. The van der Waals surface area contributed by atoms with Crippen molar-refractivity contribution in [1.29, 1.82) is 0 Å². The summed E-state index contributed by atoms with van der Waals surface area (Å²) in [6.45, 7) is 6.00. The summed E-state index contributed by atoms with van der Waals surface area (Å²) in [5, 5.41) is 5.33. The average Bonchev–Trinajstić information content (AvgIpc) is 2.46. The molecule has 0 saturated carbocycles. The van der Waals surface area contributed by atoms with Crippen molar-refractivity contribution in [3.63, 3.8) is 0 Å². The lowest BCUT2D eigenvalue weighted by molar-refractivity contribution is -0.119. The zero-order chi connectivity index (χ0) is 15.8. The number of nitrogens with one attached hydrogen (secondary N) is 2. The number of hydrogen-bond donors (Lipinski definition) is 3. The molecule has 0 aromatic heterocycles. The molecule has 0 spiro atoms. The molecule has 0 heterocycles. The van der Waals surface area contributed by atoms with Crippen LogP contribution in [0.4, 0.5) is 10.5 Å². The van der Waals surface area contributed by atoms with Crippen molar-refractivity contribution in [2.75, 3.05) is 5.32 Å². The minimum Gasteiger partial charge on any atom is -0.352 e. The molecule has 0 aliphatic carbocycles. The Labute approximate surface area is 126 Å². The van der Waals surface area contributed by atoms with E-state index in [1.807, 2.05) is 38.1 Å². The molecule has 0 aliphatic heterocycles. The van der Waals surface area contributed by atoms with Crippen molar-refractivity contribution in [3.8, 4) is 0 Å². The second-order valence-corrected chi connectivity index (χ2v) is 5.31. The third-order valence-electron chi connectivity index (χ3n) is 3.55. The van der Waals surface area contributed by atoms with Gasteiger partial charge in [-0.1, -0.05) is 45.7 Å². The number of anilines is 1. The van der Waals surface area contributed by atoms with Crippen LogP contribution in [0.5, 0.6) is 0 Å². The number of primary amides is 1. The van der Waals surface area contributed by atoms with E-state index in [1.54, 1.807) is 0 Å². The fraction of sp³-hybridized carbons (Fsp3) is 0.500. The molecular weight excluding hydrogens is 266 g/mol. The van der Waals surface area contributed by atoms with E-state index in [4.69, 9.17) is 5.73 Å². The third-order valence-corrected chi connectivity index (χ3v) is 3.55. The highest BCUT2D eigenvalue weighted by Gasteiger charge is 2.25. The molecule has 0 unspecified atom stereocenters. The largest absolute Gasteiger partial charge is 0.352 e. The summed E-state index contributed by atoms with van der Waals surface area (Å²) in [5.74, 6) is -0.233. The van der Waals surface area contributed by atoms with Gasteiger partial charge in [-0.2, -0.15) is 0 Å². The lowest BCUT2D eigenvalue weighted by Gasteiger charge is -2.22. The maximum atomic E-state index is 12.3. The second-order valence-electron chi connectivity index (χ2n) is 5.31. The molecule has 1 aromatic rings. The molecule has 1 rings (SSSR count). The molecule has 0 fully saturated rings. The first-order valence-corrected chi connectivity index (χ1v) is 7.43. The smallest absolute Gasteiger partial charge is 0.312 e. The molecule has 0 radical (unpaired) electrons. The first kappa shape index (κ1) is 17.0. The van der Waals surface area contributed by atoms with Crippen molar-refractivity contribution in [2.24, 2.45) is 11.7 Å². The normalized spacial score (nSPS) is 13.3. The zero-order valence-corrected chi connectivity index (χ0v) is 13.0. The summed E-state index contributed by atoms with van der Waals surface area (Å²) in [6, 6.07) is 6.44. The summed E-state index contributed by atoms with van der Waals surface area (Å²) in [4.78, 5) is 23.3. The summed E-state index contributed by atoms with van der Waals surface area (Å²) < 4.78 is 0. The number of nitrogens with two attached hydrogens (primary N) is 1. The molecular formula is C16H25N3O2. The van der Waals surface area contributed by atoms with Gasteiger partial charge < -0.3 is 16.4 Å². The van der Waals surface area contributed by atoms with Crippen molar-refractivity contribution < 1.29 is 9.59 Å². The van der Waals surface area contributed by atoms with E-state index >= 15 is 0 Å². The number of urea groups is 1. The molecule has 3 amide bonds. The van der Waals surface area contributed by atoms with Crippen LogP contribution in [0.3, 0.4) is 0 Å². The number of aryl methyl sites for hydroxylation is 1. The van der Waals surface area contributed by atoms with Crippen molar-refractivity contribution >= 4 is 17.6 Å². The van der Waals surface area contributed by atoms with E-state index in [-0.39, 0.29) is 11.8 Å². The van der Waals surface area contributed by atoms with Crippen LogP contribution in [-0.2, 0) is 11.2 Å². The summed E-state index contributed by atoms with van der Waals surface area (Å²) in [7, 11) is 0. The van der Waals surface area contributed by atoms with Crippen LogP contribution in [0.25, 0.3) is 0 Å². The topological polar surface area (TPSA) is 84.2 Å². The van der Waals surface area contributed by atoms with Crippen LogP contribution in [0, 0.1) is 5.92 Å². The Balaban J connectivity index is 2.73. The maximum absolute atomic E-state index is 12.3. The summed E-state index contributed by atoms with van der Waals surface area (Å²) in [6.07, 6.45) is 2.88. The molecule has 116 valence electrons. The molecule has 2 atom stereocenters. The highest BCUT2D eigenvalue weighted by molar-refractivity contribution is 5.97. The van der Waals surface area contributed by atoms with Gasteiger partial charge in [0, 0.05) is 5.69 Å². The molecule has 0 saturated heterocycles. The van der Waals surface area contributed by atoms with Gasteiger partial charge in [-0.15, -0.1) is 0 Å². The minimum atomic E-state index is -0.686. The van der Waals surface area contributed by atoms with E-state index in [1.165, 1.54) is 5.56 Å². The number of amides is 3. The van der Waals surface area contributed by atoms with Gasteiger partial charge in [-0.25, -0.2) is 4.79 Å². The van der Waals surface area contributed by atoms with Crippen LogP contribution in [-0.4, -0.2) is 18.0 Å². The predicted molar refractivity (Wildman–Crippen MR) is 85.0 cm³/mol. The van der Waals surface area contributed by atoms with E-state index in [2.05, 4.69) is 17.6 Å². The van der Waals surface area contributed by atoms with Crippen LogP contribution >= 0.6 is 0 Å². The minimum absolute atomic E-state index is 0.0110. The number of rotatable bonds is 7. The van der Waals surface area contributed by atoms with E-state index < -0.39 is 12.1 Å². The molecule has 4 N–H and O–H groups in total. The van der Waals surface area contributed by atoms with Gasteiger partial charge in [0.15, 0.2) is 0 Å². The van der Waals surface area contributed by atoms with Crippen LogP contribution in [0.2, 0.25) is 0 Å². The van der Waals surface area contributed by atoms with Gasteiger partial charge in [-0.05, 0) is 30.0 Å². The average molecular weight is 291 g/mol. The standard InChI is InChI=1S/C16H25N3O2/c1-4-6-12-7-9-13(10-8-12)18-15(20)14(11(3)5-2)19-16(17)21/h7-11,14H,4-6H2,1-3H3,(H,18,20)(H3,17,19,21)/t11-,14-/m1/s1. The van der Waals surface area contributed by atoms with Crippen LogP contribution < -0.4 is 16.4 Å². The Kier molecular flexibility index (Phi) is 6.72. The van der Waals surface area contributed by atoms with Gasteiger partial charge in [0.05, 0.1) is 0 Å². The molecule has 21 heavy (non-hydrogen) atoms. The van der Waals surface area contributed by atoms with Gasteiger partial charge in [-0.3, -0.25) is 4.79 Å². The van der Waals surface area contributed by atoms with Crippen LogP contribution in [0.1, 0.15) is 39.2 Å². The van der Waals surface area contributed by atoms with Gasteiger partial charge in [0.25, 0.3) is 0 Å². The van der Waals surface area contributed by atoms with Crippen molar-refractivity contribution in [2.45, 2.75) is 46.1 Å². The summed E-state index contributed by atoms with van der Waals surface area (Å²) >= 11 is 0. The number of hydrogen-bond acceptors (Lipinski definition) is 2. The summed E-state index contributed by atoms with van der Waals surface area (Å²) in [5.41, 5.74) is 7.10. The number of carbonyl (C=O) groups excluding carboxylic acids is 2. The lowest BCUT2D eigenvalue weighted by Crippen LogP contribution is -2.49. The fourth-order valence-electron chi connectivity index (χ4n) is 2.12. The quantitative estimate of drug-likeness (QED) is 0.721. The molecule has 0 aliphatic rings. The maximum Gasteiger partial charge on any atom is 0.312 e. The Morgan fingerprint density at radius 3 is 2.29 bits per heavy atom. The Morgan fingerprint density at radius 1 is 1.19 bits per heavy atom. The molecule has 5 heteroatoms. The number of benzene rings is 1. The monoisotopic (exact) mass is 291 g/mol. The highest BCUT2D eigenvalue weighted by Crippen LogP contribution is 2.14.